The Morgan fingerprint density at radius 2 is 2.08 bits per heavy atom. The summed E-state index contributed by atoms with van der Waals surface area (Å²) in [6, 6.07) is 1.98. The first-order valence-corrected chi connectivity index (χ1v) is 3.95. The number of imidazole rings is 1. The highest BCUT2D eigenvalue weighted by molar-refractivity contribution is 5.74. The van der Waals surface area contributed by atoms with E-state index in [2.05, 4.69) is 16.9 Å². The normalized spacial score (nSPS) is 10.9. The van der Waals surface area contributed by atoms with E-state index in [1.165, 1.54) is 5.56 Å². The summed E-state index contributed by atoms with van der Waals surface area (Å²) in [5.41, 5.74) is 3.16. The summed E-state index contributed by atoms with van der Waals surface area (Å²) in [4.78, 5) is 8.68. The smallest absolute Gasteiger partial charge is 0.159 e. The van der Waals surface area contributed by atoms with Crippen LogP contribution in [0.3, 0.4) is 0 Å². The molecule has 3 nitrogen and oxygen atoms in total. The van der Waals surface area contributed by atoms with Crippen LogP contribution in [-0.2, 0) is 7.05 Å². The molecule has 0 spiro atoms. The van der Waals surface area contributed by atoms with E-state index < -0.39 is 0 Å². The average Bonchev–Trinajstić information content (AvgIpc) is 2.32. The van der Waals surface area contributed by atoms with Crippen molar-refractivity contribution >= 4 is 11.2 Å². The predicted octanol–water partition coefficient (Wildman–Crippen LogP) is 1.59. The minimum Gasteiger partial charge on any atom is -0.316 e. The van der Waals surface area contributed by atoms with Crippen LogP contribution in [-0.4, -0.2) is 14.5 Å². The molecule has 3 heteroatoms. The number of hydrogen-bond acceptors (Lipinski definition) is 2. The molecule has 2 aromatic heterocycles. The second-order valence-corrected chi connectivity index (χ2v) is 3.02. The Morgan fingerprint density at radius 1 is 1.33 bits per heavy atom. The van der Waals surface area contributed by atoms with Gasteiger partial charge in [-0.05, 0) is 25.5 Å². The molecule has 0 aromatic carbocycles. The fraction of sp³-hybridized carbons (Fsp3) is 0.333. The largest absolute Gasteiger partial charge is 0.316 e. The molecule has 0 aliphatic rings. The van der Waals surface area contributed by atoms with Crippen molar-refractivity contribution in [2.75, 3.05) is 0 Å². The van der Waals surface area contributed by atoms with Crippen LogP contribution in [0, 0.1) is 13.8 Å². The molecule has 0 amide bonds. The Hall–Kier alpha value is -1.38. The molecule has 12 heavy (non-hydrogen) atoms. The van der Waals surface area contributed by atoms with Gasteiger partial charge in [-0.2, -0.15) is 0 Å². The molecule has 2 heterocycles. The average molecular weight is 161 g/mol. The van der Waals surface area contributed by atoms with Crippen LogP contribution in [0.25, 0.3) is 11.2 Å². The van der Waals surface area contributed by atoms with Crippen molar-refractivity contribution in [1.29, 1.82) is 0 Å². The van der Waals surface area contributed by atoms with E-state index in [1.54, 1.807) is 0 Å². The minimum atomic E-state index is 0.965. The molecule has 2 aromatic rings. The number of pyridine rings is 1. The predicted molar refractivity (Wildman–Crippen MR) is 48.0 cm³/mol. The van der Waals surface area contributed by atoms with Crippen molar-refractivity contribution in [1.82, 2.24) is 14.5 Å². The molecule has 0 unspecified atom stereocenters. The van der Waals surface area contributed by atoms with Gasteiger partial charge >= 0.3 is 0 Å². The van der Waals surface area contributed by atoms with Crippen LogP contribution in [0.1, 0.15) is 11.4 Å². The van der Waals surface area contributed by atoms with Crippen LogP contribution in [0.2, 0.25) is 0 Å². The Kier molecular flexibility index (Phi) is 1.40. The van der Waals surface area contributed by atoms with Crippen LogP contribution in [0.4, 0.5) is 0 Å². The maximum absolute atomic E-state index is 4.41. The molecular weight excluding hydrogens is 150 g/mol. The third-order valence-electron chi connectivity index (χ3n) is 2.18. The lowest BCUT2D eigenvalue weighted by Crippen LogP contribution is -1.91. The summed E-state index contributed by atoms with van der Waals surface area (Å²) in [5.74, 6) is 1.01. The highest BCUT2D eigenvalue weighted by atomic mass is 15.1. The Balaban J connectivity index is 2.95. The summed E-state index contributed by atoms with van der Waals surface area (Å²) in [6.07, 6.45) is 1.82. The minimum absolute atomic E-state index is 0.965. The van der Waals surface area contributed by atoms with Gasteiger partial charge in [0.15, 0.2) is 5.65 Å². The van der Waals surface area contributed by atoms with E-state index in [-0.39, 0.29) is 0 Å². The number of nitrogens with zero attached hydrogens (tertiary/aromatic N) is 3. The van der Waals surface area contributed by atoms with Crippen LogP contribution in [0.5, 0.6) is 0 Å². The zero-order valence-electron chi connectivity index (χ0n) is 7.50. The summed E-state index contributed by atoms with van der Waals surface area (Å²) in [7, 11) is 1.98. The Labute approximate surface area is 71.1 Å². The SMILES string of the molecule is Cc1ccnc2c1nc(C)n2C. The summed E-state index contributed by atoms with van der Waals surface area (Å²) < 4.78 is 2.00. The molecule has 0 N–H and O–H groups in total. The van der Waals surface area contributed by atoms with Gasteiger partial charge in [0.1, 0.15) is 11.3 Å². The lowest BCUT2D eigenvalue weighted by Gasteiger charge is -1.95. The molecule has 0 atom stereocenters. The molecule has 0 saturated heterocycles. The number of rotatable bonds is 0. The van der Waals surface area contributed by atoms with Crippen LogP contribution >= 0.6 is 0 Å². The molecular formula is C9H11N3. The third-order valence-corrected chi connectivity index (χ3v) is 2.18. The van der Waals surface area contributed by atoms with Crippen LogP contribution < -0.4 is 0 Å². The number of hydrogen-bond donors (Lipinski definition) is 0. The third kappa shape index (κ3) is 0.826. The van der Waals surface area contributed by atoms with E-state index in [0.717, 1.165) is 17.0 Å². The molecule has 0 bridgehead atoms. The lowest BCUT2D eigenvalue weighted by atomic mass is 10.3. The van der Waals surface area contributed by atoms with Gasteiger partial charge in [-0.15, -0.1) is 0 Å². The topological polar surface area (TPSA) is 30.7 Å². The van der Waals surface area contributed by atoms with Crippen LogP contribution in [0.15, 0.2) is 12.3 Å². The van der Waals surface area contributed by atoms with E-state index >= 15 is 0 Å². The van der Waals surface area contributed by atoms with Crippen molar-refractivity contribution in [2.24, 2.45) is 7.05 Å². The first-order chi connectivity index (χ1) is 5.70. The van der Waals surface area contributed by atoms with Crippen molar-refractivity contribution in [3.8, 4) is 0 Å². The summed E-state index contributed by atoms with van der Waals surface area (Å²) in [6.45, 7) is 4.04. The van der Waals surface area contributed by atoms with Gasteiger partial charge in [0.25, 0.3) is 0 Å². The molecule has 0 aliphatic carbocycles. The first-order valence-electron chi connectivity index (χ1n) is 3.95. The van der Waals surface area contributed by atoms with Crippen molar-refractivity contribution in [2.45, 2.75) is 13.8 Å². The van der Waals surface area contributed by atoms with Gasteiger partial charge in [-0.1, -0.05) is 0 Å². The lowest BCUT2D eigenvalue weighted by molar-refractivity contribution is 0.874. The molecule has 0 saturated carbocycles. The van der Waals surface area contributed by atoms with Gasteiger partial charge in [-0.3, -0.25) is 0 Å². The maximum Gasteiger partial charge on any atom is 0.159 e. The quantitative estimate of drug-likeness (QED) is 0.587. The zero-order chi connectivity index (χ0) is 8.72. The van der Waals surface area contributed by atoms with Gasteiger partial charge in [0.05, 0.1) is 0 Å². The van der Waals surface area contributed by atoms with E-state index in [9.17, 15) is 0 Å². The van der Waals surface area contributed by atoms with E-state index in [0.29, 0.717) is 0 Å². The zero-order valence-corrected chi connectivity index (χ0v) is 7.50. The fourth-order valence-corrected chi connectivity index (χ4v) is 1.31. The molecule has 0 radical (unpaired) electrons. The van der Waals surface area contributed by atoms with Gasteiger partial charge in [-0.25, -0.2) is 9.97 Å². The fourth-order valence-electron chi connectivity index (χ4n) is 1.31. The summed E-state index contributed by atoms with van der Waals surface area (Å²) >= 11 is 0. The second-order valence-electron chi connectivity index (χ2n) is 3.02. The molecule has 62 valence electrons. The number of aromatic nitrogens is 3. The van der Waals surface area contributed by atoms with Gasteiger partial charge in [0, 0.05) is 13.2 Å². The van der Waals surface area contributed by atoms with E-state index in [4.69, 9.17) is 0 Å². The standard InChI is InChI=1S/C9H11N3/c1-6-4-5-10-9-8(6)11-7(2)12(9)3/h4-5H,1-3H3. The Bertz CT molecular complexity index is 429. The van der Waals surface area contributed by atoms with E-state index in [1.807, 2.05) is 30.8 Å². The van der Waals surface area contributed by atoms with Crippen molar-refractivity contribution < 1.29 is 0 Å². The van der Waals surface area contributed by atoms with Crippen molar-refractivity contribution in [3.05, 3.63) is 23.7 Å². The molecule has 0 fully saturated rings. The second kappa shape index (κ2) is 2.30. The first kappa shape index (κ1) is 7.28. The summed E-state index contributed by atoms with van der Waals surface area (Å²) in [5, 5.41) is 0. The van der Waals surface area contributed by atoms with Gasteiger partial charge in [0.2, 0.25) is 0 Å². The highest BCUT2D eigenvalue weighted by Gasteiger charge is 2.05. The maximum atomic E-state index is 4.41. The number of aryl methyl sites for hydroxylation is 3. The highest BCUT2D eigenvalue weighted by Crippen LogP contribution is 2.14. The monoisotopic (exact) mass is 161 g/mol. The van der Waals surface area contributed by atoms with Gasteiger partial charge < -0.3 is 4.57 Å². The Morgan fingerprint density at radius 3 is 2.75 bits per heavy atom. The van der Waals surface area contributed by atoms with Crippen molar-refractivity contribution in [3.63, 3.8) is 0 Å². The molecule has 2 rings (SSSR count). The number of fused-ring (bicyclic) bond motifs is 1. The molecule has 0 aliphatic heterocycles.